The van der Waals surface area contributed by atoms with Crippen molar-refractivity contribution < 1.29 is 15.0 Å². The van der Waals surface area contributed by atoms with E-state index in [4.69, 9.17) is 0 Å². The number of aliphatic hydroxyl groups is 1. The number of hydrogen-bond acceptors (Lipinski definition) is 2. The van der Waals surface area contributed by atoms with Crippen molar-refractivity contribution in [3.63, 3.8) is 0 Å². The van der Waals surface area contributed by atoms with Gasteiger partial charge in [-0.2, -0.15) is 0 Å². The van der Waals surface area contributed by atoms with Gasteiger partial charge < -0.3 is 10.2 Å². The first kappa shape index (κ1) is 24.3. The van der Waals surface area contributed by atoms with Gasteiger partial charge in [0.15, 0.2) is 0 Å². The Labute approximate surface area is 196 Å². The molecule has 0 aromatic rings. The third-order valence-corrected chi connectivity index (χ3v) is 10.9. The summed E-state index contributed by atoms with van der Waals surface area (Å²) in [5.41, 5.74) is 1.87. The highest BCUT2D eigenvalue weighted by Crippen LogP contribution is 2.67. The van der Waals surface area contributed by atoms with Gasteiger partial charge in [-0.25, -0.2) is 0 Å². The van der Waals surface area contributed by atoms with Crippen LogP contribution >= 0.6 is 0 Å². The van der Waals surface area contributed by atoms with Crippen molar-refractivity contribution in [1.82, 2.24) is 0 Å². The molecule has 0 spiro atoms. The molecule has 0 radical (unpaired) electrons. The largest absolute Gasteiger partial charge is 0.481 e. The molecule has 0 bridgehead atoms. The second-order valence-corrected chi connectivity index (χ2v) is 13.4. The fourth-order valence-electron chi connectivity index (χ4n) is 9.19. The molecule has 0 heterocycles. The van der Waals surface area contributed by atoms with Crippen LogP contribution in [0.3, 0.4) is 0 Å². The monoisotopic (exact) mass is 444 g/mol. The van der Waals surface area contributed by atoms with Gasteiger partial charge in [0, 0.05) is 6.42 Å². The van der Waals surface area contributed by atoms with Crippen LogP contribution in [0.1, 0.15) is 112 Å². The van der Waals surface area contributed by atoms with Crippen LogP contribution < -0.4 is 0 Å². The SMILES string of the molecule is C[C@@H](CCCC(C)(C)O)[C@H]1CC[C@H]2[C@@H]3CC=C4C[C@@H](CC(=O)O)CC[C@]4(C)[C@H]3CC[C@]12C. The molecule has 32 heavy (non-hydrogen) atoms. The lowest BCUT2D eigenvalue weighted by Crippen LogP contribution is -2.50. The van der Waals surface area contributed by atoms with Crippen molar-refractivity contribution >= 4 is 5.97 Å². The average Bonchev–Trinajstić information content (AvgIpc) is 3.04. The second kappa shape index (κ2) is 8.75. The summed E-state index contributed by atoms with van der Waals surface area (Å²) in [6.45, 7) is 11.5. The van der Waals surface area contributed by atoms with Crippen molar-refractivity contribution in [2.45, 2.75) is 117 Å². The maximum Gasteiger partial charge on any atom is 0.303 e. The predicted octanol–water partition coefficient (Wildman–Crippen LogP) is 7.23. The van der Waals surface area contributed by atoms with E-state index in [9.17, 15) is 15.0 Å². The highest BCUT2D eigenvalue weighted by atomic mass is 16.4. The fourth-order valence-corrected chi connectivity index (χ4v) is 9.19. The lowest BCUT2D eigenvalue weighted by Gasteiger charge is -2.58. The number of fused-ring (bicyclic) bond motifs is 5. The summed E-state index contributed by atoms with van der Waals surface area (Å²) in [6.07, 6.45) is 16.3. The van der Waals surface area contributed by atoms with E-state index in [-0.39, 0.29) is 0 Å². The van der Waals surface area contributed by atoms with E-state index < -0.39 is 11.6 Å². The Morgan fingerprint density at radius 2 is 1.91 bits per heavy atom. The summed E-state index contributed by atoms with van der Waals surface area (Å²) >= 11 is 0. The first-order valence-electron chi connectivity index (χ1n) is 13.6. The zero-order valence-electron chi connectivity index (χ0n) is 21.3. The van der Waals surface area contributed by atoms with Gasteiger partial charge in [0.1, 0.15) is 0 Å². The van der Waals surface area contributed by atoms with Crippen LogP contribution in [0.15, 0.2) is 11.6 Å². The van der Waals surface area contributed by atoms with Crippen LogP contribution in [-0.2, 0) is 4.79 Å². The molecule has 4 aliphatic rings. The van der Waals surface area contributed by atoms with E-state index >= 15 is 0 Å². The standard InChI is InChI=1S/C29H48O3/c1-19(7-6-14-27(2,3)32)23-10-11-24-22-9-8-21-17-20(18-26(30)31)12-15-28(21,4)25(22)13-16-29(23,24)5/h8,19-20,22-25,32H,6-7,9-18H2,1-5H3,(H,30,31)/t19-,20-,22-,23+,24-,25-,28-,29+/m0/s1. The lowest BCUT2D eigenvalue weighted by molar-refractivity contribution is -0.138. The number of aliphatic carboxylic acids is 1. The molecule has 8 atom stereocenters. The minimum atomic E-state index is -0.630. The van der Waals surface area contributed by atoms with Gasteiger partial charge >= 0.3 is 5.97 Å². The molecule has 0 unspecified atom stereocenters. The molecule has 3 saturated carbocycles. The maximum atomic E-state index is 11.3. The number of carboxylic acids is 1. The molecule has 3 nitrogen and oxygen atoms in total. The molecule has 3 heteroatoms. The van der Waals surface area contributed by atoms with Crippen molar-refractivity contribution in [1.29, 1.82) is 0 Å². The Morgan fingerprint density at radius 3 is 2.59 bits per heavy atom. The lowest BCUT2D eigenvalue weighted by atomic mass is 9.46. The summed E-state index contributed by atoms with van der Waals surface area (Å²) in [5, 5.41) is 19.4. The molecule has 4 rings (SSSR count). The molecule has 0 amide bonds. The number of allylic oxidation sites excluding steroid dienone is 2. The molecule has 3 fully saturated rings. The molecular weight excluding hydrogens is 396 g/mol. The fraction of sp³-hybridized carbons (Fsp3) is 0.897. The number of hydrogen-bond donors (Lipinski definition) is 2. The molecule has 4 aliphatic carbocycles. The Kier molecular flexibility index (Phi) is 6.64. The first-order chi connectivity index (χ1) is 14.9. The molecule has 182 valence electrons. The first-order valence-corrected chi connectivity index (χ1v) is 13.6. The second-order valence-electron chi connectivity index (χ2n) is 13.4. The molecule has 0 aromatic heterocycles. The number of carbonyl (C=O) groups is 1. The highest BCUT2D eigenvalue weighted by Gasteiger charge is 2.59. The third kappa shape index (κ3) is 4.44. The zero-order chi connectivity index (χ0) is 23.3. The van der Waals surface area contributed by atoms with Crippen LogP contribution in [0.2, 0.25) is 0 Å². The average molecular weight is 445 g/mol. The summed E-state index contributed by atoms with van der Waals surface area (Å²) in [6, 6.07) is 0. The van der Waals surface area contributed by atoms with E-state index in [1.54, 1.807) is 5.57 Å². The van der Waals surface area contributed by atoms with Crippen LogP contribution in [0.5, 0.6) is 0 Å². The van der Waals surface area contributed by atoms with E-state index in [2.05, 4.69) is 26.8 Å². The van der Waals surface area contributed by atoms with Crippen molar-refractivity contribution in [2.75, 3.05) is 0 Å². The highest BCUT2D eigenvalue weighted by molar-refractivity contribution is 5.67. The summed E-state index contributed by atoms with van der Waals surface area (Å²) in [7, 11) is 0. The molecule has 0 saturated heterocycles. The van der Waals surface area contributed by atoms with E-state index in [0.717, 1.165) is 55.3 Å². The topological polar surface area (TPSA) is 57.5 Å². The van der Waals surface area contributed by atoms with Crippen LogP contribution in [-0.4, -0.2) is 21.8 Å². The van der Waals surface area contributed by atoms with Gasteiger partial charge in [0.2, 0.25) is 0 Å². The molecule has 2 N–H and O–H groups in total. The van der Waals surface area contributed by atoms with Crippen molar-refractivity contribution in [2.24, 2.45) is 46.3 Å². The van der Waals surface area contributed by atoms with Gasteiger partial charge in [-0.15, -0.1) is 0 Å². The molecule has 0 aliphatic heterocycles. The Balaban J connectivity index is 1.45. The Morgan fingerprint density at radius 1 is 1.16 bits per heavy atom. The van der Waals surface area contributed by atoms with Gasteiger partial charge in [0.05, 0.1) is 5.60 Å². The van der Waals surface area contributed by atoms with E-state index in [1.807, 2.05) is 13.8 Å². The van der Waals surface area contributed by atoms with Crippen molar-refractivity contribution in [3.8, 4) is 0 Å². The molecular formula is C29H48O3. The minimum Gasteiger partial charge on any atom is -0.481 e. The predicted molar refractivity (Wildman–Crippen MR) is 130 cm³/mol. The normalized spacial score (nSPS) is 42.4. The summed E-state index contributed by atoms with van der Waals surface area (Å²) < 4.78 is 0. The number of rotatable bonds is 7. The third-order valence-electron chi connectivity index (χ3n) is 10.9. The quantitative estimate of drug-likeness (QED) is 0.407. The van der Waals surface area contributed by atoms with Crippen LogP contribution in [0.4, 0.5) is 0 Å². The van der Waals surface area contributed by atoms with Gasteiger partial charge in [-0.1, -0.05) is 45.3 Å². The van der Waals surface area contributed by atoms with Crippen LogP contribution in [0.25, 0.3) is 0 Å². The number of carboxylic acid groups (broad SMARTS) is 1. The zero-order valence-corrected chi connectivity index (χ0v) is 21.3. The molecule has 0 aromatic carbocycles. The van der Waals surface area contributed by atoms with E-state index in [1.165, 1.54) is 44.9 Å². The van der Waals surface area contributed by atoms with Crippen molar-refractivity contribution in [3.05, 3.63) is 11.6 Å². The van der Waals surface area contributed by atoms with Gasteiger partial charge in [-0.05, 0) is 118 Å². The van der Waals surface area contributed by atoms with Crippen LogP contribution in [0, 0.1) is 46.3 Å². The smallest absolute Gasteiger partial charge is 0.303 e. The Hall–Kier alpha value is -0.830. The maximum absolute atomic E-state index is 11.3. The summed E-state index contributed by atoms with van der Waals surface area (Å²) in [5.74, 6) is 3.78. The van der Waals surface area contributed by atoms with Gasteiger partial charge in [0.25, 0.3) is 0 Å². The minimum absolute atomic E-state index is 0.315. The van der Waals surface area contributed by atoms with E-state index in [0.29, 0.717) is 23.2 Å². The Bertz CT molecular complexity index is 733. The van der Waals surface area contributed by atoms with Gasteiger partial charge in [-0.3, -0.25) is 4.79 Å². The summed E-state index contributed by atoms with van der Waals surface area (Å²) in [4.78, 5) is 11.3.